The van der Waals surface area contributed by atoms with Crippen LogP contribution >= 0.6 is 11.6 Å². The SMILES string of the molecule is COC(=O)c1ccc(C2CN(C(/C=C(\N)c3ccccc3O)=C(N)N)CC(C)O2)cc1Cl. The van der Waals surface area contributed by atoms with Crippen molar-refractivity contribution < 1.29 is 19.4 Å². The summed E-state index contributed by atoms with van der Waals surface area (Å²) in [5.41, 5.74) is 20.6. The van der Waals surface area contributed by atoms with Crippen molar-refractivity contribution in [1.82, 2.24) is 4.90 Å². The number of phenols is 1. The van der Waals surface area contributed by atoms with Gasteiger partial charge < -0.3 is 36.7 Å². The smallest absolute Gasteiger partial charge is 0.339 e. The molecule has 0 bridgehead atoms. The number of morpholine rings is 1. The van der Waals surface area contributed by atoms with Gasteiger partial charge in [0.2, 0.25) is 0 Å². The van der Waals surface area contributed by atoms with E-state index in [9.17, 15) is 9.90 Å². The normalized spacial score (nSPS) is 18.8. The zero-order chi connectivity index (χ0) is 23.4. The lowest BCUT2D eigenvalue weighted by molar-refractivity contribution is -0.0683. The molecule has 32 heavy (non-hydrogen) atoms. The Morgan fingerprint density at radius 2 is 1.91 bits per heavy atom. The Balaban J connectivity index is 1.90. The first-order chi connectivity index (χ1) is 15.2. The molecule has 1 fully saturated rings. The molecule has 2 unspecified atom stereocenters. The molecule has 0 radical (unpaired) electrons. The zero-order valence-corrected chi connectivity index (χ0v) is 18.7. The zero-order valence-electron chi connectivity index (χ0n) is 17.9. The number of carbonyl (C=O) groups excluding carboxylic acids is 1. The Hall–Kier alpha value is -3.36. The van der Waals surface area contributed by atoms with Gasteiger partial charge >= 0.3 is 5.97 Å². The predicted molar refractivity (Wildman–Crippen MR) is 123 cm³/mol. The minimum absolute atomic E-state index is 0.0600. The second kappa shape index (κ2) is 9.84. The van der Waals surface area contributed by atoms with E-state index in [1.54, 1.807) is 48.5 Å². The van der Waals surface area contributed by atoms with Crippen LogP contribution in [0.25, 0.3) is 5.70 Å². The molecule has 0 spiro atoms. The fourth-order valence-electron chi connectivity index (χ4n) is 3.64. The number of carbonyl (C=O) groups is 1. The van der Waals surface area contributed by atoms with Gasteiger partial charge in [0, 0.05) is 24.4 Å². The van der Waals surface area contributed by atoms with Crippen LogP contribution in [0.1, 0.15) is 34.5 Å². The number of ether oxygens (including phenoxy) is 2. The summed E-state index contributed by atoms with van der Waals surface area (Å²) in [4.78, 5) is 13.8. The number of esters is 1. The Labute approximate surface area is 191 Å². The van der Waals surface area contributed by atoms with Crippen LogP contribution in [-0.2, 0) is 9.47 Å². The minimum atomic E-state index is -0.507. The van der Waals surface area contributed by atoms with Gasteiger partial charge in [0.1, 0.15) is 17.7 Å². The summed E-state index contributed by atoms with van der Waals surface area (Å²) in [6, 6.07) is 11.8. The molecule has 2 atom stereocenters. The minimum Gasteiger partial charge on any atom is -0.507 e. The molecule has 170 valence electrons. The molecular weight excluding hydrogens is 432 g/mol. The molecule has 0 aliphatic carbocycles. The maximum atomic E-state index is 11.8. The van der Waals surface area contributed by atoms with Gasteiger partial charge in [0.25, 0.3) is 0 Å². The van der Waals surface area contributed by atoms with Crippen molar-refractivity contribution in [3.8, 4) is 5.75 Å². The predicted octanol–water partition coefficient (Wildman–Crippen LogP) is 2.68. The van der Waals surface area contributed by atoms with Gasteiger partial charge in [-0.05, 0) is 42.8 Å². The number of phenolic OH excluding ortho intramolecular Hbond substituents is 1. The van der Waals surface area contributed by atoms with Gasteiger partial charge in [-0.2, -0.15) is 0 Å². The van der Waals surface area contributed by atoms with Crippen molar-refractivity contribution >= 4 is 23.3 Å². The Morgan fingerprint density at radius 1 is 1.19 bits per heavy atom. The average molecular weight is 459 g/mol. The summed E-state index contributed by atoms with van der Waals surface area (Å²) in [5.74, 6) is -0.355. The van der Waals surface area contributed by atoms with E-state index in [0.29, 0.717) is 30.0 Å². The first-order valence-corrected chi connectivity index (χ1v) is 10.4. The lowest BCUT2D eigenvalue weighted by atomic mass is 10.0. The molecule has 2 aromatic carbocycles. The molecular formula is C23H27ClN4O4. The van der Waals surface area contributed by atoms with Crippen LogP contribution in [0.4, 0.5) is 0 Å². The van der Waals surface area contributed by atoms with Gasteiger partial charge in [-0.1, -0.05) is 29.8 Å². The van der Waals surface area contributed by atoms with E-state index >= 15 is 0 Å². The van der Waals surface area contributed by atoms with E-state index in [1.165, 1.54) is 7.11 Å². The Bertz CT molecular complexity index is 1070. The largest absolute Gasteiger partial charge is 0.507 e. The maximum absolute atomic E-state index is 11.8. The summed E-state index contributed by atoms with van der Waals surface area (Å²) in [5, 5.41) is 10.4. The van der Waals surface area contributed by atoms with E-state index < -0.39 is 5.97 Å². The van der Waals surface area contributed by atoms with E-state index in [4.69, 9.17) is 38.3 Å². The average Bonchev–Trinajstić information content (AvgIpc) is 2.76. The number of aromatic hydroxyl groups is 1. The number of benzene rings is 2. The summed E-state index contributed by atoms with van der Waals surface area (Å²) in [6.45, 7) is 2.89. The molecule has 0 amide bonds. The molecule has 7 N–H and O–H groups in total. The lowest BCUT2D eigenvalue weighted by Gasteiger charge is -2.39. The summed E-state index contributed by atoms with van der Waals surface area (Å²) in [7, 11) is 1.30. The lowest BCUT2D eigenvalue weighted by Crippen LogP contribution is -2.43. The second-order valence-electron chi connectivity index (χ2n) is 7.53. The molecule has 8 nitrogen and oxygen atoms in total. The Kier molecular flexibility index (Phi) is 7.17. The van der Waals surface area contributed by atoms with Crippen molar-refractivity contribution in [2.45, 2.75) is 19.1 Å². The van der Waals surface area contributed by atoms with Gasteiger partial charge in [-0.3, -0.25) is 0 Å². The molecule has 1 aliphatic heterocycles. The third kappa shape index (κ3) is 5.09. The fraction of sp³-hybridized carbons (Fsp3) is 0.261. The number of halogens is 1. The van der Waals surface area contributed by atoms with E-state index in [1.807, 2.05) is 11.8 Å². The number of hydrogen-bond acceptors (Lipinski definition) is 8. The number of rotatable bonds is 5. The number of methoxy groups -OCH3 is 1. The molecule has 0 saturated carbocycles. The quantitative estimate of drug-likeness (QED) is 0.396. The number of allylic oxidation sites excluding steroid dienone is 1. The fourth-order valence-corrected chi connectivity index (χ4v) is 3.91. The van der Waals surface area contributed by atoms with Crippen LogP contribution in [0.5, 0.6) is 5.75 Å². The van der Waals surface area contributed by atoms with Crippen LogP contribution < -0.4 is 17.2 Å². The first kappa shape index (κ1) is 23.3. The summed E-state index contributed by atoms with van der Waals surface area (Å²) in [6.07, 6.45) is 1.14. The van der Waals surface area contributed by atoms with Crippen molar-refractivity contribution in [2.75, 3.05) is 20.2 Å². The summed E-state index contributed by atoms with van der Waals surface area (Å²) < 4.78 is 10.9. The van der Waals surface area contributed by atoms with Crippen molar-refractivity contribution in [3.05, 3.63) is 81.8 Å². The standard InChI is InChI=1S/C23H27ClN4O4/c1-13-11-28(19(22(26)27)10-18(25)16-5-3-4-6-20(16)29)12-21(32-13)14-7-8-15(17(24)9-14)23(30)31-2/h3-10,13,21,29H,11-12,25-27H2,1-2H3/b18-10-. The number of nitrogens with zero attached hydrogens (tertiary/aromatic N) is 1. The van der Waals surface area contributed by atoms with Gasteiger partial charge in [0.05, 0.1) is 29.5 Å². The van der Waals surface area contributed by atoms with Crippen LogP contribution in [0, 0.1) is 0 Å². The molecule has 1 heterocycles. The van der Waals surface area contributed by atoms with Gasteiger partial charge in [-0.15, -0.1) is 0 Å². The highest BCUT2D eigenvalue weighted by atomic mass is 35.5. The van der Waals surface area contributed by atoms with Crippen LogP contribution in [-0.4, -0.2) is 42.3 Å². The molecule has 0 aromatic heterocycles. The highest BCUT2D eigenvalue weighted by molar-refractivity contribution is 6.33. The van der Waals surface area contributed by atoms with Crippen LogP contribution in [0.3, 0.4) is 0 Å². The van der Waals surface area contributed by atoms with Crippen molar-refractivity contribution in [1.29, 1.82) is 0 Å². The topological polar surface area (TPSA) is 137 Å². The van der Waals surface area contributed by atoms with Crippen molar-refractivity contribution in [3.63, 3.8) is 0 Å². The molecule has 3 rings (SSSR count). The highest BCUT2D eigenvalue weighted by Crippen LogP contribution is 2.31. The molecule has 1 saturated heterocycles. The number of hydrogen-bond donors (Lipinski definition) is 4. The van der Waals surface area contributed by atoms with Gasteiger partial charge in [-0.25, -0.2) is 4.79 Å². The second-order valence-corrected chi connectivity index (χ2v) is 7.94. The molecule has 2 aromatic rings. The number of nitrogens with two attached hydrogens (primary N) is 3. The summed E-state index contributed by atoms with van der Waals surface area (Å²) >= 11 is 6.29. The highest BCUT2D eigenvalue weighted by Gasteiger charge is 2.29. The van der Waals surface area contributed by atoms with Crippen LogP contribution in [0.2, 0.25) is 5.02 Å². The van der Waals surface area contributed by atoms with Crippen molar-refractivity contribution in [2.24, 2.45) is 17.2 Å². The third-order valence-corrected chi connectivity index (χ3v) is 5.49. The van der Waals surface area contributed by atoms with Crippen LogP contribution in [0.15, 0.2) is 60.1 Å². The maximum Gasteiger partial charge on any atom is 0.339 e. The number of para-hydroxylation sites is 1. The van der Waals surface area contributed by atoms with E-state index in [0.717, 1.165) is 5.56 Å². The molecule has 9 heteroatoms. The third-order valence-electron chi connectivity index (χ3n) is 5.17. The van der Waals surface area contributed by atoms with Gasteiger partial charge in [0.15, 0.2) is 0 Å². The molecule has 1 aliphatic rings. The first-order valence-electron chi connectivity index (χ1n) is 10.00. The van der Waals surface area contributed by atoms with E-state index in [2.05, 4.69) is 0 Å². The Morgan fingerprint density at radius 3 is 2.53 bits per heavy atom. The van der Waals surface area contributed by atoms with E-state index in [-0.39, 0.29) is 34.4 Å². The monoisotopic (exact) mass is 458 g/mol.